The van der Waals surface area contributed by atoms with E-state index in [1.165, 1.54) is 24.3 Å². The van der Waals surface area contributed by atoms with Crippen molar-refractivity contribution >= 4 is 30.3 Å². The van der Waals surface area contributed by atoms with Gasteiger partial charge in [-0.05, 0) is 35.4 Å². The van der Waals surface area contributed by atoms with Crippen molar-refractivity contribution in [2.45, 2.75) is 12.8 Å². The maximum atomic E-state index is 11.0. The quantitative estimate of drug-likeness (QED) is 0.313. The molecule has 0 aromatic rings. The zero-order valence-corrected chi connectivity index (χ0v) is 13.9. The van der Waals surface area contributed by atoms with Crippen LogP contribution >= 0.6 is 0 Å². The molecule has 0 saturated carbocycles. The Kier molecular flexibility index (Phi) is 5.82. The van der Waals surface area contributed by atoms with Crippen LogP contribution in [-0.4, -0.2) is 26.6 Å². The summed E-state index contributed by atoms with van der Waals surface area (Å²) in [5.41, 5.74) is 17.3. The molecule has 128 valence electrons. The first kappa shape index (κ1) is 18.1. The maximum Gasteiger partial charge on any atom is 0.217 e. The second-order valence-corrected chi connectivity index (χ2v) is 6.51. The van der Waals surface area contributed by atoms with Crippen molar-refractivity contribution < 1.29 is 21.6 Å². The molecule has 25 heavy (non-hydrogen) atoms. The Morgan fingerprint density at radius 1 is 0.800 bits per heavy atom. The van der Waals surface area contributed by atoms with Gasteiger partial charge in [0.1, 0.15) is 11.5 Å². The number of hydrogen-bond acceptors (Lipinski definition) is 7. The summed E-state index contributed by atoms with van der Waals surface area (Å²) in [5, 5.41) is 6.83. The zero-order chi connectivity index (χ0) is 18.4. The normalized spacial score (nSPS) is 16.3. The van der Waals surface area contributed by atoms with Crippen LogP contribution in [0.5, 0.6) is 0 Å². The Labute approximate surface area is 143 Å². The second kappa shape index (κ2) is 8.04. The Morgan fingerprint density at radius 2 is 1.20 bits per heavy atom. The number of azide groups is 2. The highest BCUT2D eigenvalue weighted by Crippen LogP contribution is 2.27. The van der Waals surface area contributed by atoms with Gasteiger partial charge in [0.15, 0.2) is 0 Å². The van der Waals surface area contributed by atoms with Crippen LogP contribution in [0.25, 0.3) is 20.9 Å². The van der Waals surface area contributed by atoms with E-state index in [4.69, 9.17) is 15.8 Å². The molecule has 0 unspecified atom stereocenters. The predicted molar refractivity (Wildman–Crippen MR) is 88.8 cm³/mol. The van der Waals surface area contributed by atoms with Gasteiger partial charge in [-0.1, -0.05) is 10.2 Å². The van der Waals surface area contributed by atoms with E-state index in [9.17, 15) is 16.8 Å². The minimum Gasteiger partial charge on any atom is -0.457 e. The van der Waals surface area contributed by atoms with Gasteiger partial charge < -0.3 is 4.74 Å². The van der Waals surface area contributed by atoms with Crippen LogP contribution in [0.4, 0.5) is 0 Å². The summed E-state index contributed by atoms with van der Waals surface area (Å²) in [4.78, 5) is 5.27. The monoisotopic (exact) mass is 380 g/mol. The van der Waals surface area contributed by atoms with Crippen molar-refractivity contribution in [1.82, 2.24) is 0 Å². The van der Waals surface area contributed by atoms with Gasteiger partial charge >= 0.3 is 0 Å². The summed E-state index contributed by atoms with van der Waals surface area (Å²) < 4.78 is 49.6. The molecular formula is C12H8N6O5S2. The predicted octanol–water partition coefficient (Wildman–Crippen LogP) is 2.07. The Balaban J connectivity index is 2.49. The first-order valence-electron chi connectivity index (χ1n) is 6.47. The molecule has 0 saturated heterocycles. The minimum absolute atomic E-state index is 0.00977. The average Bonchev–Trinajstić information content (AvgIpc) is 2.58. The molecule has 2 aliphatic carbocycles. The number of allylic oxidation sites excluding steroid dienone is 6. The van der Waals surface area contributed by atoms with Crippen molar-refractivity contribution in [3.8, 4) is 0 Å². The zero-order valence-electron chi connectivity index (χ0n) is 12.3. The molecule has 0 atom stereocenters. The Bertz CT molecular complexity index is 1020. The SMILES string of the molecule is [N-]=[N+]=NC1=C(OC2=C(N=[N+]=[N-])CC(=S(=O)=O)C=C2)C=CC(=S(=O)=O)C1. The van der Waals surface area contributed by atoms with Crippen LogP contribution < -0.4 is 0 Å². The van der Waals surface area contributed by atoms with E-state index in [1.54, 1.807) is 0 Å². The molecule has 0 amide bonds. The number of nitrogens with zero attached hydrogens (tertiary/aromatic N) is 6. The Morgan fingerprint density at radius 3 is 1.52 bits per heavy atom. The third kappa shape index (κ3) is 4.40. The first-order valence-corrected chi connectivity index (χ1v) is 8.62. The largest absolute Gasteiger partial charge is 0.457 e. The van der Waals surface area contributed by atoms with Gasteiger partial charge in [0.2, 0.25) is 20.6 Å². The average molecular weight is 380 g/mol. The summed E-state index contributed by atoms with van der Waals surface area (Å²) in [6.45, 7) is 0. The molecule has 2 rings (SSSR count). The van der Waals surface area contributed by atoms with Crippen molar-refractivity contribution in [2.24, 2.45) is 10.2 Å². The van der Waals surface area contributed by atoms with Gasteiger partial charge in [0.05, 0.1) is 21.1 Å². The summed E-state index contributed by atoms with van der Waals surface area (Å²) in [6, 6.07) is 0. The van der Waals surface area contributed by atoms with Crippen molar-refractivity contribution in [3.63, 3.8) is 0 Å². The van der Waals surface area contributed by atoms with Gasteiger partial charge in [-0.15, -0.1) is 0 Å². The van der Waals surface area contributed by atoms with Crippen LogP contribution in [0.3, 0.4) is 0 Å². The molecule has 11 nitrogen and oxygen atoms in total. The molecule has 0 radical (unpaired) electrons. The van der Waals surface area contributed by atoms with E-state index >= 15 is 0 Å². The van der Waals surface area contributed by atoms with Gasteiger partial charge in [-0.25, -0.2) is 0 Å². The molecule has 0 bridgehead atoms. The van der Waals surface area contributed by atoms with Crippen molar-refractivity contribution in [1.29, 1.82) is 0 Å². The van der Waals surface area contributed by atoms with Gasteiger partial charge in [0, 0.05) is 22.7 Å². The summed E-state index contributed by atoms with van der Waals surface area (Å²) in [7, 11) is -4.95. The van der Waals surface area contributed by atoms with E-state index in [2.05, 4.69) is 20.1 Å². The molecule has 13 heteroatoms. The molecule has 0 aromatic carbocycles. The van der Waals surface area contributed by atoms with E-state index in [-0.39, 0.29) is 45.5 Å². The number of hydrogen-bond donors (Lipinski definition) is 0. The topological polar surface area (TPSA) is 175 Å². The van der Waals surface area contributed by atoms with Crippen LogP contribution in [0, 0.1) is 0 Å². The lowest BCUT2D eigenvalue weighted by molar-refractivity contribution is 0.323. The second-order valence-electron chi connectivity index (χ2n) is 4.53. The first-order chi connectivity index (χ1) is 12.0. The molecule has 0 heterocycles. The molecule has 2 aliphatic rings. The molecule has 0 spiro atoms. The maximum absolute atomic E-state index is 11.0. The Hall–Kier alpha value is -3.24. The lowest BCUT2D eigenvalue weighted by atomic mass is 10.1. The highest BCUT2D eigenvalue weighted by molar-refractivity contribution is 7.73. The smallest absolute Gasteiger partial charge is 0.217 e. The van der Waals surface area contributed by atoms with Crippen LogP contribution in [0.2, 0.25) is 0 Å². The minimum atomic E-state index is -2.48. The van der Waals surface area contributed by atoms with Gasteiger partial charge in [-0.3, -0.25) is 0 Å². The fourth-order valence-corrected chi connectivity index (χ4v) is 2.83. The van der Waals surface area contributed by atoms with Crippen molar-refractivity contribution in [2.75, 3.05) is 0 Å². The lowest BCUT2D eigenvalue weighted by Crippen LogP contribution is -2.09. The molecule has 0 aliphatic heterocycles. The summed E-state index contributed by atoms with van der Waals surface area (Å²) >= 11 is 0. The molecule has 0 aromatic heterocycles. The van der Waals surface area contributed by atoms with E-state index < -0.39 is 20.6 Å². The van der Waals surface area contributed by atoms with Crippen LogP contribution in [0.15, 0.2) is 57.4 Å². The van der Waals surface area contributed by atoms with Crippen LogP contribution in [0.1, 0.15) is 12.8 Å². The molecule has 0 fully saturated rings. The molecule has 0 N–H and O–H groups in total. The van der Waals surface area contributed by atoms with E-state index in [1.807, 2.05) is 0 Å². The van der Waals surface area contributed by atoms with Gasteiger partial charge in [0.25, 0.3) is 0 Å². The molecular weight excluding hydrogens is 372 g/mol. The third-order valence-corrected chi connectivity index (χ3v) is 4.49. The fraction of sp³-hybridized carbons (Fsp3) is 0.167. The summed E-state index contributed by atoms with van der Waals surface area (Å²) in [5.74, 6) is 0.118. The van der Waals surface area contributed by atoms with Crippen LogP contribution in [-0.2, 0) is 25.3 Å². The van der Waals surface area contributed by atoms with Gasteiger partial charge in [-0.2, -0.15) is 16.8 Å². The third-order valence-electron chi connectivity index (χ3n) is 3.07. The standard InChI is InChI=1S/C12H8N6O5S2/c13-17-15-9-5-7(24(19)20)1-3-11(9)23-12-4-2-8(25(21)22)6-10(12)16-18-14/h1-4H,5-6H2. The lowest BCUT2D eigenvalue weighted by Gasteiger charge is -2.17. The number of ether oxygens (including phenoxy) is 1. The fourth-order valence-electron chi connectivity index (χ4n) is 1.96. The van der Waals surface area contributed by atoms with E-state index in [0.717, 1.165) is 0 Å². The highest BCUT2D eigenvalue weighted by Gasteiger charge is 2.19. The van der Waals surface area contributed by atoms with E-state index in [0.29, 0.717) is 0 Å². The highest BCUT2D eigenvalue weighted by atomic mass is 32.2. The van der Waals surface area contributed by atoms with Crippen molar-refractivity contribution in [3.05, 3.63) is 68.1 Å². The summed E-state index contributed by atoms with van der Waals surface area (Å²) in [6.07, 6.45) is 4.80. The number of rotatable bonds is 4.